The van der Waals surface area contributed by atoms with E-state index >= 15 is 0 Å². The second-order valence-corrected chi connectivity index (χ2v) is 15.7. The molecule has 0 aliphatic heterocycles. The van der Waals surface area contributed by atoms with Gasteiger partial charge in [0.15, 0.2) is 0 Å². The van der Waals surface area contributed by atoms with Crippen LogP contribution in [0.4, 0.5) is 17.1 Å². The number of anilines is 3. The summed E-state index contributed by atoms with van der Waals surface area (Å²) in [5.41, 5.74) is 11.7. The molecule has 0 bridgehead atoms. The first-order chi connectivity index (χ1) is 29.7. The summed E-state index contributed by atoms with van der Waals surface area (Å²) in [4.78, 5) is 2.40. The summed E-state index contributed by atoms with van der Waals surface area (Å²) >= 11 is 0. The number of benzene rings is 11. The molecule has 0 fully saturated rings. The average Bonchev–Trinajstić information content (AvgIpc) is 3.67. The minimum atomic E-state index is 1.10. The van der Waals surface area contributed by atoms with Crippen LogP contribution in [0.2, 0.25) is 0 Å². The van der Waals surface area contributed by atoms with Gasteiger partial charge in [0.1, 0.15) is 0 Å². The molecular weight excluding hydrogens is 725 g/mol. The Balaban J connectivity index is 1.01. The largest absolute Gasteiger partial charge is 0.310 e. The standard InChI is InChI=1S/C58H38N2/c1-2-17-47(18-3-1)60-56-23-11-22-53(57(56)55-35-29-42-14-7-9-21-54(42)58(55)60)45-16-10-19-49(38-45)59(50-33-28-39-12-4-5-15-43(39)37-50)48-31-26-40(27-32-48)44-30-34-52-46(36-44)25-24-41-13-6-8-20-51(41)52/h1-38H. The van der Waals surface area contributed by atoms with Crippen molar-refractivity contribution in [1.82, 2.24) is 4.57 Å². The number of para-hydroxylation sites is 1. The third kappa shape index (κ3) is 5.57. The number of nitrogens with zero attached hydrogens (tertiary/aromatic N) is 2. The first kappa shape index (κ1) is 34.1. The van der Waals surface area contributed by atoms with Crippen molar-refractivity contribution in [3.05, 3.63) is 231 Å². The van der Waals surface area contributed by atoms with Gasteiger partial charge in [-0.05, 0) is 121 Å². The van der Waals surface area contributed by atoms with E-state index in [1.165, 1.54) is 87.1 Å². The van der Waals surface area contributed by atoms with E-state index in [4.69, 9.17) is 0 Å². The molecule has 12 aromatic rings. The van der Waals surface area contributed by atoms with Gasteiger partial charge in [0, 0.05) is 38.9 Å². The molecule has 2 heteroatoms. The highest BCUT2D eigenvalue weighted by Crippen LogP contribution is 2.44. The fourth-order valence-corrected chi connectivity index (χ4v) is 9.48. The van der Waals surface area contributed by atoms with Crippen LogP contribution in [0.5, 0.6) is 0 Å². The van der Waals surface area contributed by atoms with E-state index in [1.807, 2.05) is 0 Å². The molecule has 0 saturated carbocycles. The van der Waals surface area contributed by atoms with Crippen molar-refractivity contribution in [3.63, 3.8) is 0 Å². The molecule has 12 rings (SSSR count). The lowest BCUT2D eigenvalue weighted by Crippen LogP contribution is -2.10. The Kier molecular flexibility index (Phi) is 7.89. The van der Waals surface area contributed by atoms with Gasteiger partial charge in [-0.2, -0.15) is 0 Å². The van der Waals surface area contributed by atoms with Gasteiger partial charge in [-0.15, -0.1) is 0 Å². The second-order valence-electron chi connectivity index (χ2n) is 15.7. The van der Waals surface area contributed by atoms with Crippen molar-refractivity contribution in [2.24, 2.45) is 0 Å². The number of hydrogen-bond acceptors (Lipinski definition) is 1. The van der Waals surface area contributed by atoms with Crippen molar-refractivity contribution in [2.75, 3.05) is 4.90 Å². The van der Waals surface area contributed by atoms with Crippen LogP contribution in [-0.4, -0.2) is 4.57 Å². The van der Waals surface area contributed by atoms with E-state index < -0.39 is 0 Å². The smallest absolute Gasteiger partial charge is 0.0619 e. The first-order valence-corrected chi connectivity index (χ1v) is 20.7. The summed E-state index contributed by atoms with van der Waals surface area (Å²) in [5.74, 6) is 0. The van der Waals surface area contributed by atoms with Crippen LogP contribution in [-0.2, 0) is 0 Å². The van der Waals surface area contributed by atoms with Gasteiger partial charge in [0.05, 0.1) is 11.0 Å². The number of fused-ring (bicyclic) bond motifs is 9. The summed E-state index contributed by atoms with van der Waals surface area (Å²) in [6, 6.07) is 84.3. The number of aromatic nitrogens is 1. The van der Waals surface area contributed by atoms with Gasteiger partial charge in [-0.1, -0.05) is 170 Å². The molecule has 11 aromatic carbocycles. The zero-order valence-corrected chi connectivity index (χ0v) is 32.8. The van der Waals surface area contributed by atoms with E-state index in [0.717, 1.165) is 22.7 Å². The van der Waals surface area contributed by atoms with Crippen molar-refractivity contribution in [2.45, 2.75) is 0 Å². The molecule has 0 radical (unpaired) electrons. The zero-order chi connectivity index (χ0) is 39.6. The minimum Gasteiger partial charge on any atom is -0.310 e. The van der Waals surface area contributed by atoms with E-state index in [9.17, 15) is 0 Å². The third-order valence-corrected chi connectivity index (χ3v) is 12.3. The Morgan fingerprint density at radius 3 is 1.75 bits per heavy atom. The maximum atomic E-state index is 2.45. The van der Waals surface area contributed by atoms with Crippen molar-refractivity contribution in [1.29, 1.82) is 0 Å². The molecule has 0 unspecified atom stereocenters. The molecule has 0 atom stereocenters. The van der Waals surface area contributed by atoms with E-state index in [0.29, 0.717) is 0 Å². The van der Waals surface area contributed by atoms with Gasteiger partial charge >= 0.3 is 0 Å². The highest BCUT2D eigenvalue weighted by Gasteiger charge is 2.20. The molecule has 0 aliphatic carbocycles. The van der Waals surface area contributed by atoms with Crippen LogP contribution in [0, 0.1) is 0 Å². The van der Waals surface area contributed by atoms with Crippen LogP contribution in [0.3, 0.4) is 0 Å². The molecule has 1 aromatic heterocycles. The van der Waals surface area contributed by atoms with Crippen LogP contribution < -0.4 is 4.90 Å². The lowest BCUT2D eigenvalue weighted by atomic mass is 9.97. The van der Waals surface area contributed by atoms with Crippen LogP contribution in [0.15, 0.2) is 231 Å². The number of hydrogen-bond donors (Lipinski definition) is 0. The molecule has 1 heterocycles. The molecule has 0 amide bonds. The molecule has 0 aliphatic rings. The maximum Gasteiger partial charge on any atom is 0.0619 e. The van der Waals surface area contributed by atoms with Crippen LogP contribution >= 0.6 is 0 Å². The van der Waals surface area contributed by atoms with Crippen LogP contribution in [0.1, 0.15) is 0 Å². The predicted octanol–water partition coefficient (Wildman–Crippen LogP) is 16.2. The van der Waals surface area contributed by atoms with Gasteiger partial charge in [0.2, 0.25) is 0 Å². The quantitative estimate of drug-likeness (QED) is 0.153. The Bertz CT molecular complexity index is 3600. The summed E-state index contributed by atoms with van der Waals surface area (Å²) in [7, 11) is 0. The van der Waals surface area contributed by atoms with Gasteiger partial charge in [-0.25, -0.2) is 0 Å². The zero-order valence-electron chi connectivity index (χ0n) is 32.8. The van der Waals surface area contributed by atoms with E-state index in [2.05, 4.69) is 240 Å². The Morgan fingerprint density at radius 2 is 0.900 bits per heavy atom. The topological polar surface area (TPSA) is 8.17 Å². The van der Waals surface area contributed by atoms with Crippen molar-refractivity contribution < 1.29 is 0 Å². The van der Waals surface area contributed by atoms with E-state index in [-0.39, 0.29) is 0 Å². The molecule has 0 spiro atoms. The summed E-state index contributed by atoms with van der Waals surface area (Å²) in [6.45, 7) is 0. The fourth-order valence-electron chi connectivity index (χ4n) is 9.48. The van der Waals surface area contributed by atoms with Crippen molar-refractivity contribution in [3.8, 4) is 27.9 Å². The summed E-state index contributed by atoms with van der Waals surface area (Å²) < 4.78 is 2.45. The van der Waals surface area contributed by atoms with Crippen molar-refractivity contribution >= 4 is 82.0 Å². The molecule has 0 saturated heterocycles. The molecule has 2 nitrogen and oxygen atoms in total. The SMILES string of the molecule is c1ccc(-n2c3cccc(-c4cccc(N(c5ccc(-c6ccc7c(ccc8ccccc87)c6)cc5)c5ccc6ccccc6c5)c4)c3c3ccc4ccccc4c32)cc1. The molecule has 280 valence electrons. The average molecular weight is 763 g/mol. The third-order valence-electron chi connectivity index (χ3n) is 12.3. The number of rotatable bonds is 6. The summed E-state index contributed by atoms with van der Waals surface area (Å²) in [6.07, 6.45) is 0. The molecule has 60 heavy (non-hydrogen) atoms. The predicted molar refractivity (Wildman–Crippen MR) is 256 cm³/mol. The second kappa shape index (κ2) is 13.9. The highest BCUT2D eigenvalue weighted by atomic mass is 15.1. The Morgan fingerprint density at radius 1 is 0.300 bits per heavy atom. The minimum absolute atomic E-state index is 1.10. The molecule has 0 N–H and O–H groups in total. The van der Waals surface area contributed by atoms with Gasteiger partial charge < -0.3 is 9.47 Å². The highest BCUT2D eigenvalue weighted by molar-refractivity contribution is 6.22. The van der Waals surface area contributed by atoms with E-state index in [1.54, 1.807) is 0 Å². The monoisotopic (exact) mass is 762 g/mol. The lowest BCUT2D eigenvalue weighted by Gasteiger charge is -2.26. The summed E-state index contributed by atoms with van der Waals surface area (Å²) in [5, 5.41) is 12.5. The van der Waals surface area contributed by atoms with Crippen LogP contribution in [0.25, 0.3) is 92.8 Å². The Hall–Kier alpha value is -7.94. The van der Waals surface area contributed by atoms with Gasteiger partial charge in [0.25, 0.3) is 0 Å². The Labute approximate surface area is 348 Å². The lowest BCUT2D eigenvalue weighted by molar-refractivity contribution is 1.19. The first-order valence-electron chi connectivity index (χ1n) is 20.7. The fraction of sp³-hybridized carbons (Fsp3) is 0. The van der Waals surface area contributed by atoms with Gasteiger partial charge in [-0.3, -0.25) is 0 Å². The normalized spacial score (nSPS) is 11.7. The molecular formula is C58H38N2. The maximum absolute atomic E-state index is 2.45.